The van der Waals surface area contributed by atoms with E-state index in [2.05, 4.69) is 15.2 Å². The predicted octanol–water partition coefficient (Wildman–Crippen LogP) is 1.99. The van der Waals surface area contributed by atoms with Crippen LogP contribution in [-0.4, -0.2) is 42.0 Å². The molecule has 100 valence electrons. The van der Waals surface area contributed by atoms with Crippen molar-refractivity contribution in [3.05, 3.63) is 36.0 Å². The van der Waals surface area contributed by atoms with Crippen molar-refractivity contribution >= 4 is 16.8 Å². The van der Waals surface area contributed by atoms with Gasteiger partial charge in [-0.3, -0.25) is 4.79 Å². The van der Waals surface area contributed by atoms with Gasteiger partial charge in [-0.15, -0.1) is 0 Å². The van der Waals surface area contributed by atoms with Crippen LogP contribution in [0.25, 0.3) is 10.9 Å². The maximum atomic E-state index is 12.0. The molecule has 19 heavy (non-hydrogen) atoms. The van der Waals surface area contributed by atoms with E-state index in [-0.39, 0.29) is 5.91 Å². The lowest BCUT2D eigenvalue weighted by Crippen LogP contribution is -2.33. The number of hydrogen-bond acceptors (Lipinski definition) is 2. The molecular weight excluding hydrogens is 238 g/mol. The van der Waals surface area contributed by atoms with E-state index >= 15 is 0 Å². The normalized spacial score (nSPS) is 16.0. The number of nitrogens with zero attached hydrogens (tertiary/aromatic N) is 1. The van der Waals surface area contributed by atoms with E-state index in [4.69, 9.17) is 0 Å². The first-order chi connectivity index (χ1) is 9.33. The van der Waals surface area contributed by atoms with Crippen LogP contribution in [0.5, 0.6) is 0 Å². The van der Waals surface area contributed by atoms with Crippen LogP contribution in [-0.2, 0) is 0 Å². The maximum Gasteiger partial charge on any atom is 0.251 e. The summed E-state index contributed by atoms with van der Waals surface area (Å²) < 4.78 is 0. The van der Waals surface area contributed by atoms with Gasteiger partial charge in [0.25, 0.3) is 5.91 Å². The van der Waals surface area contributed by atoms with E-state index in [9.17, 15) is 4.79 Å². The van der Waals surface area contributed by atoms with Crippen LogP contribution in [0, 0.1) is 0 Å². The van der Waals surface area contributed by atoms with Gasteiger partial charge in [0.1, 0.15) is 0 Å². The molecule has 1 saturated heterocycles. The van der Waals surface area contributed by atoms with Crippen molar-refractivity contribution in [3.8, 4) is 0 Å². The second kappa shape index (κ2) is 5.45. The van der Waals surface area contributed by atoms with Crippen LogP contribution < -0.4 is 5.32 Å². The highest BCUT2D eigenvalue weighted by molar-refractivity contribution is 5.97. The van der Waals surface area contributed by atoms with Crippen LogP contribution in [0.3, 0.4) is 0 Å². The molecule has 1 aromatic heterocycles. The molecule has 0 aliphatic carbocycles. The Kier molecular flexibility index (Phi) is 3.51. The number of aromatic nitrogens is 1. The summed E-state index contributed by atoms with van der Waals surface area (Å²) in [7, 11) is 0. The van der Waals surface area contributed by atoms with Gasteiger partial charge in [0.2, 0.25) is 0 Å². The number of amides is 1. The first-order valence-electron chi connectivity index (χ1n) is 6.91. The van der Waals surface area contributed by atoms with Crippen molar-refractivity contribution in [1.82, 2.24) is 15.2 Å². The fourth-order valence-corrected chi connectivity index (χ4v) is 2.62. The minimum absolute atomic E-state index is 0.00990. The average Bonchev–Trinajstić information content (AvgIpc) is 3.08. The second-order valence-corrected chi connectivity index (χ2v) is 5.08. The Morgan fingerprint density at radius 2 is 2.11 bits per heavy atom. The summed E-state index contributed by atoms with van der Waals surface area (Å²) in [5.74, 6) is 0.00990. The lowest BCUT2D eigenvalue weighted by molar-refractivity contribution is 0.0950. The largest absolute Gasteiger partial charge is 0.361 e. The Labute approximate surface area is 112 Å². The third-order valence-electron chi connectivity index (χ3n) is 3.73. The Balaban J connectivity index is 1.56. The summed E-state index contributed by atoms with van der Waals surface area (Å²) >= 11 is 0. The molecule has 1 amide bonds. The van der Waals surface area contributed by atoms with Gasteiger partial charge in [0.15, 0.2) is 0 Å². The van der Waals surface area contributed by atoms with Crippen LogP contribution in [0.1, 0.15) is 23.2 Å². The topological polar surface area (TPSA) is 48.1 Å². The minimum Gasteiger partial charge on any atom is -0.361 e. The van der Waals surface area contributed by atoms with Crippen molar-refractivity contribution in [2.24, 2.45) is 0 Å². The highest BCUT2D eigenvalue weighted by Gasteiger charge is 2.11. The summed E-state index contributed by atoms with van der Waals surface area (Å²) in [5, 5.41) is 4.12. The maximum absolute atomic E-state index is 12.0. The Morgan fingerprint density at radius 1 is 1.26 bits per heavy atom. The quantitative estimate of drug-likeness (QED) is 0.880. The molecule has 1 aliphatic heterocycles. The fourth-order valence-electron chi connectivity index (χ4n) is 2.62. The standard InChI is InChI=1S/C15H19N3O/c19-15(17-7-10-18-8-1-2-9-18)13-4-3-12-5-6-16-14(12)11-13/h3-6,11,16H,1-2,7-10H2,(H,17,19). The summed E-state index contributed by atoms with van der Waals surface area (Å²) in [6, 6.07) is 7.76. The van der Waals surface area contributed by atoms with E-state index < -0.39 is 0 Å². The number of aromatic amines is 1. The first kappa shape index (κ1) is 12.2. The van der Waals surface area contributed by atoms with E-state index in [0.29, 0.717) is 0 Å². The number of likely N-dealkylation sites (tertiary alicyclic amines) is 1. The van der Waals surface area contributed by atoms with Crippen molar-refractivity contribution in [2.75, 3.05) is 26.2 Å². The molecule has 1 fully saturated rings. The van der Waals surface area contributed by atoms with Crippen molar-refractivity contribution in [1.29, 1.82) is 0 Å². The molecule has 2 N–H and O–H groups in total. The summed E-state index contributed by atoms with van der Waals surface area (Å²) in [6.07, 6.45) is 4.47. The Bertz CT molecular complexity index is 570. The lowest BCUT2D eigenvalue weighted by Gasteiger charge is -2.14. The highest BCUT2D eigenvalue weighted by Crippen LogP contribution is 2.14. The number of carbonyl (C=O) groups is 1. The van der Waals surface area contributed by atoms with Crippen LogP contribution in [0.2, 0.25) is 0 Å². The molecule has 1 aliphatic rings. The summed E-state index contributed by atoms with van der Waals surface area (Å²) in [5.41, 5.74) is 1.73. The van der Waals surface area contributed by atoms with Crippen molar-refractivity contribution < 1.29 is 4.79 Å². The molecule has 2 heterocycles. The number of H-pyrrole nitrogens is 1. The van der Waals surface area contributed by atoms with Crippen molar-refractivity contribution in [2.45, 2.75) is 12.8 Å². The summed E-state index contributed by atoms with van der Waals surface area (Å²) in [4.78, 5) is 17.6. The number of rotatable bonds is 4. The van der Waals surface area contributed by atoms with Gasteiger partial charge >= 0.3 is 0 Å². The number of nitrogens with one attached hydrogen (secondary N) is 2. The van der Waals surface area contributed by atoms with Crippen molar-refractivity contribution in [3.63, 3.8) is 0 Å². The second-order valence-electron chi connectivity index (χ2n) is 5.08. The molecule has 0 unspecified atom stereocenters. The zero-order valence-electron chi connectivity index (χ0n) is 11.0. The van der Waals surface area contributed by atoms with Gasteiger partial charge in [-0.1, -0.05) is 6.07 Å². The molecule has 4 heteroatoms. The van der Waals surface area contributed by atoms with Crippen LogP contribution in [0.15, 0.2) is 30.5 Å². The lowest BCUT2D eigenvalue weighted by atomic mass is 10.1. The highest BCUT2D eigenvalue weighted by atomic mass is 16.1. The molecule has 0 spiro atoms. The number of benzene rings is 1. The van der Waals surface area contributed by atoms with Gasteiger partial charge in [-0.2, -0.15) is 0 Å². The molecule has 1 aromatic carbocycles. The Hall–Kier alpha value is -1.81. The minimum atomic E-state index is 0.00990. The van der Waals surface area contributed by atoms with Crippen LogP contribution >= 0.6 is 0 Å². The fraction of sp³-hybridized carbons (Fsp3) is 0.400. The Morgan fingerprint density at radius 3 is 2.95 bits per heavy atom. The van der Waals surface area contributed by atoms with Gasteiger partial charge in [-0.25, -0.2) is 0 Å². The molecule has 0 atom stereocenters. The van der Waals surface area contributed by atoms with E-state index in [1.54, 1.807) is 0 Å². The zero-order chi connectivity index (χ0) is 13.1. The molecular formula is C15H19N3O. The van der Waals surface area contributed by atoms with Gasteiger partial charge in [0.05, 0.1) is 0 Å². The monoisotopic (exact) mass is 257 g/mol. The summed E-state index contributed by atoms with van der Waals surface area (Å²) in [6.45, 7) is 4.02. The smallest absolute Gasteiger partial charge is 0.251 e. The van der Waals surface area contributed by atoms with Gasteiger partial charge in [0, 0.05) is 30.4 Å². The predicted molar refractivity (Wildman–Crippen MR) is 76.3 cm³/mol. The molecule has 0 radical (unpaired) electrons. The SMILES string of the molecule is O=C(NCCN1CCCC1)c1ccc2cc[nH]c2c1. The van der Waals surface area contributed by atoms with Gasteiger partial charge in [-0.05, 0) is 49.5 Å². The van der Waals surface area contributed by atoms with Crippen LogP contribution in [0.4, 0.5) is 0 Å². The average molecular weight is 257 g/mol. The molecule has 0 bridgehead atoms. The number of carbonyl (C=O) groups excluding carboxylic acids is 1. The third-order valence-corrected chi connectivity index (χ3v) is 3.73. The van der Waals surface area contributed by atoms with E-state index in [1.807, 2.05) is 30.5 Å². The van der Waals surface area contributed by atoms with E-state index in [0.717, 1.165) is 29.6 Å². The first-order valence-corrected chi connectivity index (χ1v) is 6.91. The molecule has 0 saturated carbocycles. The number of fused-ring (bicyclic) bond motifs is 1. The third kappa shape index (κ3) is 2.79. The molecule has 4 nitrogen and oxygen atoms in total. The molecule has 2 aromatic rings. The van der Waals surface area contributed by atoms with Gasteiger partial charge < -0.3 is 15.2 Å². The molecule has 3 rings (SSSR count). The zero-order valence-corrected chi connectivity index (χ0v) is 11.0. The van der Waals surface area contributed by atoms with E-state index in [1.165, 1.54) is 25.9 Å². The number of hydrogen-bond donors (Lipinski definition) is 2.